The number of carboxylic acids is 1. The number of hydrogen-bond donors (Lipinski definition) is 2. The Morgan fingerprint density at radius 3 is 2.22 bits per heavy atom. The van der Waals surface area contributed by atoms with Crippen LogP contribution in [0.15, 0.2) is 54.6 Å². The highest BCUT2D eigenvalue weighted by Crippen LogP contribution is 2.29. The zero-order valence-corrected chi connectivity index (χ0v) is 15.1. The van der Waals surface area contributed by atoms with Crippen LogP contribution in [0.4, 0.5) is 0 Å². The van der Waals surface area contributed by atoms with Crippen molar-refractivity contribution >= 4 is 17.7 Å². The van der Waals surface area contributed by atoms with Crippen molar-refractivity contribution in [1.29, 1.82) is 0 Å². The second-order valence-electron chi connectivity index (χ2n) is 6.94. The average Bonchev–Trinajstić information content (AvgIpc) is 2.72. The van der Waals surface area contributed by atoms with E-state index >= 15 is 0 Å². The Kier molecular flexibility index (Phi) is 6.01. The molecular weight excluding hydrogens is 342 g/mol. The lowest BCUT2D eigenvalue weighted by Crippen LogP contribution is -2.37. The second kappa shape index (κ2) is 8.62. The van der Waals surface area contributed by atoms with E-state index in [4.69, 9.17) is 0 Å². The lowest BCUT2D eigenvalue weighted by Gasteiger charge is -2.28. The molecule has 5 heteroatoms. The molecule has 1 fully saturated rings. The van der Waals surface area contributed by atoms with Gasteiger partial charge in [-0.1, -0.05) is 61.4 Å². The smallest absolute Gasteiger partial charge is 0.306 e. The summed E-state index contributed by atoms with van der Waals surface area (Å²) in [5.41, 5.74) is 1.18. The summed E-state index contributed by atoms with van der Waals surface area (Å²) in [5.74, 6) is -1.84. The molecule has 2 aromatic carbocycles. The van der Waals surface area contributed by atoms with Crippen molar-refractivity contribution in [3.8, 4) is 0 Å². The first-order valence-electron chi connectivity index (χ1n) is 9.27. The number of benzene rings is 2. The predicted molar refractivity (Wildman–Crippen MR) is 102 cm³/mol. The van der Waals surface area contributed by atoms with Crippen LogP contribution >= 0.6 is 0 Å². The Balaban J connectivity index is 1.74. The minimum absolute atomic E-state index is 0.0720. The summed E-state index contributed by atoms with van der Waals surface area (Å²) < 4.78 is 0. The third-order valence-electron chi connectivity index (χ3n) is 5.20. The van der Waals surface area contributed by atoms with Gasteiger partial charge >= 0.3 is 5.97 Å². The lowest BCUT2D eigenvalue weighted by molar-refractivity contribution is -0.144. The highest BCUT2D eigenvalue weighted by molar-refractivity contribution is 6.15. The van der Waals surface area contributed by atoms with E-state index in [0.29, 0.717) is 29.7 Å². The fraction of sp³-hybridized carbons (Fsp3) is 0.318. The molecule has 0 spiro atoms. The van der Waals surface area contributed by atoms with Crippen LogP contribution in [0.1, 0.15) is 52.0 Å². The fourth-order valence-electron chi connectivity index (χ4n) is 3.72. The molecule has 140 valence electrons. The zero-order chi connectivity index (χ0) is 19.2. The molecule has 1 aliphatic rings. The largest absolute Gasteiger partial charge is 0.481 e. The average molecular weight is 365 g/mol. The molecular formula is C22H23NO4. The maximum absolute atomic E-state index is 12.8. The summed E-state index contributed by atoms with van der Waals surface area (Å²) >= 11 is 0. The standard InChI is InChI=1S/C22H23NO4/c24-20(15-8-2-1-3-9-15)18-12-6-7-13-19(18)21(25)23-14-16-10-4-5-11-17(16)22(26)27/h1-3,6-9,12-13,16-17H,4-5,10-11,14H2,(H,23,25)(H,26,27)/t16-,17-/m0/s1. The molecule has 2 atom stereocenters. The van der Waals surface area contributed by atoms with E-state index in [9.17, 15) is 19.5 Å². The van der Waals surface area contributed by atoms with E-state index in [0.717, 1.165) is 19.3 Å². The van der Waals surface area contributed by atoms with E-state index in [-0.39, 0.29) is 17.6 Å². The van der Waals surface area contributed by atoms with Crippen LogP contribution < -0.4 is 5.32 Å². The van der Waals surface area contributed by atoms with E-state index < -0.39 is 11.9 Å². The molecule has 0 bridgehead atoms. The van der Waals surface area contributed by atoms with Crippen LogP contribution in [0.5, 0.6) is 0 Å². The molecule has 0 saturated heterocycles. The summed E-state index contributed by atoms with van der Waals surface area (Å²) in [7, 11) is 0. The number of carboxylic acid groups (broad SMARTS) is 1. The first-order chi connectivity index (χ1) is 13.1. The van der Waals surface area contributed by atoms with E-state index in [2.05, 4.69) is 5.32 Å². The third-order valence-corrected chi connectivity index (χ3v) is 5.20. The number of aliphatic carboxylic acids is 1. The van der Waals surface area contributed by atoms with Crippen molar-refractivity contribution in [2.45, 2.75) is 25.7 Å². The van der Waals surface area contributed by atoms with Crippen molar-refractivity contribution in [1.82, 2.24) is 5.32 Å². The number of nitrogens with one attached hydrogen (secondary N) is 1. The number of amides is 1. The molecule has 1 aliphatic carbocycles. The number of carbonyl (C=O) groups excluding carboxylic acids is 2. The Morgan fingerprint density at radius 2 is 1.52 bits per heavy atom. The molecule has 0 heterocycles. The molecule has 5 nitrogen and oxygen atoms in total. The van der Waals surface area contributed by atoms with Crippen LogP contribution in [0.3, 0.4) is 0 Å². The van der Waals surface area contributed by atoms with Gasteiger partial charge in [-0.05, 0) is 24.8 Å². The van der Waals surface area contributed by atoms with E-state index in [1.54, 1.807) is 48.5 Å². The van der Waals surface area contributed by atoms with Gasteiger partial charge in [0.05, 0.1) is 11.5 Å². The molecule has 0 unspecified atom stereocenters. The summed E-state index contributed by atoms with van der Waals surface area (Å²) in [6, 6.07) is 15.6. The topological polar surface area (TPSA) is 83.5 Å². The summed E-state index contributed by atoms with van der Waals surface area (Å²) in [6.45, 7) is 0.309. The Labute approximate surface area is 158 Å². The fourth-order valence-corrected chi connectivity index (χ4v) is 3.72. The van der Waals surface area contributed by atoms with Gasteiger partial charge in [0, 0.05) is 17.7 Å². The normalized spacial score (nSPS) is 19.3. The van der Waals surface area contributed by atoms with Crippen molar-refractivity contribution in [2.75, 3.05) is 6.54 Å². The highest BCUT2D eigenvalue weighted by Gasteiger charge is 2.31. The van der Waals surface area contributed by atoms with Gasteiger partial charge in [0.2, 0.25) is 0 Å². The van der Waals surface area contributed by atoms with Crippen molar-refractivity contribution in [2.24, 2.45) is 11.8 Å². The molecule has 27 heavy (non-hydrogen) atoms. The van der Waals surface area contributed by atoms with Crippen LogP contribution in [-0.4, -0.2) is 29.3 Å². The Bertz CT molecular complexity index is 831. The van der Waals surface area contributed by atoms with Crippen LogP contribution in [0, 0.1) is 11.8 Å². The molecule has 1 saturated carbocycles. The van der Waals surface area contributed by atoms with Gasteiger partial charge in [-0.2, -0.15) is 0 Å². The molecule has 1 amide bonds. The molecule has 0 aromatic heterocycles. The van der Waals surface area contributed by atoms with Gasteiger partial charge in [0.15, 0.2) is 5.78 Å². The van der Waals surface area contributed by atoms with Crippen LogP contribution in [-0.2, 0) is 4.79 Å². The number of rotatable bonds is 6. The SMILES string of the molecule is O=C(NC[C@@H]1CCCC[C@@H]1C(=O)O)c1ccccc1C(=O)c1ccccc1. The number of ketones is 1. The van der Waals surface area contributed by atoms with Crippen LogP contribution in [0.2, 0.25) is 0 Å². The minimum atomic E-state index is -0.798. The van der Waals surface area contributed by atoms with Gasteiger partial charge in [-0.15, -0.1) is 0 Å². The zero-order valence-electron chi connectivity index (χ0n) is 15.1. The predicted octanol–water partition coefficient (Wildman–Crippen LogP) is 3.54. The molecule has 3 rings (SSSR count). The van der Waals surface area contributed by atoms with Gasteiger partial charge in [-0.3, -0.25) is 14.4 Å². The summed E-state index contributed by atoms with van der Waals surface area (Å²) in [5, 5.41) is 12.2. The maximum Gasteiger partial charge on any atom is 0.306 e. The van der Waals surface area contributed by atoms with Gasteiger partial charge < -0.3 is 10.4 Å². The molecule has 2 aromatic rings. The van der Waals surface area contributed by atoms with Gasteiger partial charge in [0.25, 0.3) is 5.91 Å². The molecule has 2 N–H and O–H groups in total. The summed E-state index contributed by atoms with van der Waals surface area (Å²) in [6.07, 6.45) is 3.34. The first kappa shape index (κ1) is 18.8. The lowest BCUT2D eigenvalue weighted by atomic mass is 9.79. The molecule has 0 aliphatic heterocycles. The quantitative estimate of drug-likeness (QED) is 0.767. The maximum atomic E-state index is 12.8. The highest BCUT2D eigenvalue weighted by atomic mass is 16.4. The third kappa shape index (κ3) is 4.42. The minimum Gasteiger partial charge on any atom is -0.481 e. The summed E-state index contributed by atoms with van der Waals surface area (Å²) in [4.78, 5) is 36.9. The monoisotopic (exact) mass is 365 g/mol. The van der Waals surface area contributed by atoms with Gasteiger partial charge in [-0.25, -0.2) is 0 Å². The Morgan fingerprint density at radius 1 is 0.889 bits per heavy atom. The van der Waals surface area contributed by atoms with Crippen molar-refractivity contribution in [3.05, 3.63) is 71.3 Å². The van der Waals surface area contributed by atoms with Crippen molar-refractivity contribution in [3.63, 3.8) is 0 Å². The second-order valence-corrected chi connectivity index (χ2v) is 6.94. The molecule has 0 radical (unpaired) electrons. The number of hydrogen-bond acceptors (Lipinski definition) is 3. The van der Waals surface area contributed by atoms with E-state index in [1.165, 1.54) is 0 Å². The number of carbonyl (C=O) groups is 3. The van der Waals surface area contributed by atoms with Gasteiger partial charge in [0.1, 0.15) is 0 Å². The first-order valence-corrected chi connectivity index (χ1v) is 9.27. The van der Waals surface area contributed by atoms with Crippen LogP contribution in [0.25, 0.3) is 0 Å². The van der Waals surface area contributed by atoms with Crippen molar-refractivity contribution < 1.29 is 19.5 Å². The Hall–Kier alpha value is -2.95. The van der Waals surface area contributed by atoms with E-state index in [1.807, 2.05) is 6.07 Å².